The van der Waals surface area contributed by atoms with Crippen molar-refractivity contribution >= 4 is 32.9 Å². The Morgan fingerprint density at radius 2 is 1.89 bits per heavy atom. The average Bonchev–Trinajstić information content (AvgIpc) is 3.22. The fourth-order valence-electron chi connectivity index (χ4n) is 3.64. The molecule has 0 bridgehead atoms. The summed E-state index contributed by atoms with van der Waals surface area (Å²) in [5.74, 6) is -0.123. The number of nitrogens with one attached hydrogen (secondary N) is 2. The summed E-state index contributed by atoms with van der Waals surface area (Å²) in [5.41, 5.74) is 6.39. The smallest absolute Gasteiger partial charge is 0.240 e. The third-order valence-corrected chi connectivity index (χ3v) is 6.83. The lowest BCUT2D eigenvalue weighted by Gasteiger charge is -2.05. The number of benzene rings is 2. The first-order chi connectivity index (χ1) is 13.5. The molecule has 0 aliphatic carbocycles. The first-order valence-electron chi connectivity index (χ1n) is 9.20. The Kier molecular flexibility index (Phi) is 5.00. The summed E-state index contributed by atoms with van der Waals surface area (Å²) in [7, 11) is -2.98. The van der Waals surface area contributed by atoms with Gasteiger partial charge in [0.25, 0.3) is 0 Å². The minimum Gasteiger partial charge on any atom is -0.354 e. The second-order valence-corrected chi connectivity index (χ2v) is 9.32. The second-order valence-electron chi connectivity index (χ2n) is 7.09. The van der Waals surface area contributed by atoms with Gasteiger partial charge < -0.3 is 4.98 Å². The molecule has 2 aromatic carbocycles. The molecule has 0 radical (unpaired) electrons. The molecule has 1 amide bonds. The van der Waals surface area contributed by atoms with E-state index in [1.165, 1.54) is 0 Å². The van der Waals surface area contributed by atoms with Crippen LogP contribution >= 0.6 is 0 Å². The highest BCUT2D eigenvalue weighted by atomic mass is 32.2. The van der Waals surface area contributed by atoms with Crippen LogP contribution in [0.25, 0.3) is 22.2 Å². The van der Waals surface area contributed by atoms with Gasteiger partial charge in [0.05, 0.1) is 23.4 Å². The van der Waals surface area contributed by atoms with Crippen molar-refractivity contribution in [3.05, 3.63) is 60.2 Å². The molecule has 144 valence electrons. The van der Waals surface area contributed by atoms with Crippen LogP contribution in [0.3, 0.4) is 0 Å². The van der Waals surface area contributed by atoms with Gasteiger partial charge in [0.2, 0.25) is 5.91 Å². The van der Waals surface area contributed by atoms with Crippen molar-refractivity contribution in [3.63, 3.8) is 0 Å². The Labute approximate surface area is 163 Å². The predicted molar refractivity (Wildman–Crippen MR) is 111 cm³/mol. The van der Waals surface area contributed by atoms with Crippen molar-refractivity contribution in [1.29, 1.82) is 0 Å². The molecule has 6 nitrogen and oxygen atoms in total. The molecule has 3 aromatic rings. The molecular weight excluding hydrogens is 374 g/mol. The van der Waals surface area contributed by atoms with Crippen LogP contribution in [-0.4, -0.2) is 37.0 Å². The number of sulfone groups is 1. The number of para-hydroxylation sites is 1. The van der Waals surface area contributed by atoms with Crippen molar-refractivity contribution in [1.82, 2.24) is 10.4 Å². The van der Waals surface area contributed by atoms with Crippen molar-refractivity contribution in [2.45, 2.75) is 12.8 Å². The van der Waals surface area contributed by atoms with E-state index in [-0.39, 0.29) is 29.8 Å². The molecule has 2 heterocycles. The van der Waals surface area contributed by atoms with Gasteiger partial charge in [-0.15, -0.1) is 0 Å². The van der Waals surface area contributed by atoms with Gasteiger partial charge in [-0.3, -0.25) is 4.79 Å². The fourth-order valence-corrected chi connectivity index (χ4v) is 5.50. The summed E-state index contributed by atoms with van der Waals surface area (Å²) in [4.78, 5) is 15.5. The molecular formula is C21H21N3O3S. The Morgan fingerprint density at radius 1 is 1.14 bits per heavy atom. The zero-order chi connectivity index (χ0) is 19.6. The number of hydrazone groups is 1. The van der Waals surface area contributed by atoms with Crippen molar-refractivity contribution in [3.8, 4) is 11.3 Å². The molecule has 2 N–H and O–H groups in total. The SMILES string of the molecule is O=C(C[C@@H]1CCS(=O)(=O)C1)N/N=C/c1c(-c2ccccc2)[nH]c2ccccc12. The number of aromatic nitrogens is 1. The Morgan fingerprint density at radius 3 is 2.64 bits per heavy atom. The van der Waals surface area contributed by atoms with Crippen molar-refractivity contribution in [2.24, 2.45) is 11.0 Å². The van der Waals surface area contributed by atoms with Crippen LogP contribution in [0.5, 0.6) is 0 Å². The first kappa shape index (κ1) is 18.4. The molecule has 1 atom stereocenters. The molecule has 4 rings (SSSR count). The molecule has 0 saturated carbocycles. The van der Waals surface area contributed by atoms with Gasteiger partial charge >= 0.3 is 0 Å². The summed E-state index contributed by atoms with van der Waals surface area (Å²) in [5, 5.41) is 5.15. The molecule has 1 fully saturated rings. The molecule has 7 heteroatoms. The van der Waals surface area contributed by atoms with E-state index >= 15 is 0 Å². The zero-order valence-electron chi connectivity index (χ0n) is 15.3. The number of aromatic amines is 1. The molecule has 0 unspecified atom stereocenters. The molecule has 1 saturated heterocycles. The van der Waals surface area contributed by atoms with Crippen LogP contribution < -0.4 is 5.43 Å². The zero-order valence-corrected chi connectivity index (χ0v) is 16.1. The Hall–Kier alpha value is -2.93. The Bertz CT molecular complexity index is 1130. The first-order valence-corrected chi connectivity index (χ1v) is 11.0. The highest BCUT2D eigenvalue weighted by Crippen LogP contribution is 2.29. The minimum atomic E-state index is -2.98. The van der Waals surface area contributed by atoms with Gasteiger partial charge in [-0.25, -0.2) is 13.8 Å². The number of rotatable bonds is 5. The van der Waals surface area contributed by atoms with Crippen molar-refractivity contribution < 1.29 is 13.2 Å². The van der Waals surface area contributed by atoms with E-state index in [0.29, 0.717) is 6.42 Å². The number of hydrogen-bond acceptors (Lipinski definition) is 4. The third-order valence-electron chi connectivity index (χ3n) is 4.99. The monoisotopic (exact) mass is 395 g/mol. The van der Waals surface area contributed by atoms with Gasteiger partial charge in [-0.05, 0) is 24.0 Å². The van der Waals surface area contributed by atoms with E-state index in [1.807, 2.05) is 54.6 Å². The highest BCUT2D eigenvalue weighted by molar-refractivity contribution is 7.91. The lowest BCUT2D eigenvalue weighted by atomic mass is 10.1. The number of carbonyl (C=O) groups is 1. The maximum Gasteiger partial charge on any atom is 0.240 e. The molecule has 1 aliphatic heterocycles. The second kappa shape index (κ2) is 7.59. The van der Waals surface area contributed by atoms with Crippen LogP contribution in [0.2, 0.25) is 0 Å². The molecule has 1 aromatic heterocycles. The van der Waals surface area contributed by atoms with Crippen LogP contribution in [0.4, 0.5) is 0 Å². The van der Waals surface area contributed by atoms with Crippen LogP contribution in [0, 0.1) is 5.92 Å². The van der Waals surface area contributed by atoms with E-state index in [4.69, 9.17) is 0 Å². The number of nitrogens with zero attached hydrogens (tertiary/aromatic N) is 1. The number of H-pyrrole nitrogens is 1. The van der Waals surface area contributed by atoms with Crippen LogP contribution in [0.15, 0.2) is 59.7 Å². The number of amides is 1. The fraction of sp³-hybridized carbons (Fsp3) is 0.238. The highest BCUT2D eigenvalue weighted by Gasteiger charge is 2.29. The molecule has 28 heavy (non-hydrogen) atoms. The van der Waals surface area contributed by atoms with Gasteiger partial charge in [0.1, 0.15) is 0 Å². The quantitative estimate of drug-likeness (QED) is 0.514. The van der Waals surface area contributed by atoms with E-state index in [9.17, 15) is 13.2 Å². The van der Waals surface area contributed by atoms with Gasteiger partial charge in [-0.1, -0.05) is 48.5 Å². The summed E-state index contributed by atoms with van der Waals surface area (Å²) in [6.45, 7) is 0. The summed E-state index contributed by atoms with van der Waals surface area (Å²) < 4.78 is 23.0. The normalized spacial score (nSPS) is 18.6. The Balaban J connectivity index is 1.53. The summed E-state index contributed by atoms with van der Waals surface area (Å²) in [6.07, 6.45) is 2.36. The standard InChI is InChI=1S/C21H21N3O3S/c25-20(12-15-10-11-28(26,27)14-15)24-22-13-18-17-8-4-5-9-19(17)23-21(18)16-6-2-1-3-7-16/h1-9,13,15,23H,10-12,14H2,(H,24,25)/b22-13+/t15-/m0/s1. The topological polar surface area (TPSA) is 91.4 Å². The average molecular weight is 395 g/mol. The number of carbonyl (C=O) groups excluding carboxylic acids is 1. The molecule has 0 spiro atoms. The largest absolute Gasteiger partial charge is 0.354 e. The number of fused-ring (bicyclic) bond motifs is 1. The number of hydrogen-bond donors (Lipinski definition) is 2. The lowest BCUT2D eigenvalue weighted by Crippen LogP contribution is -2.21. The molecule has 1 aliphatic rings. The van der Waals surface area contributed by atoms with Gasteiger partial charge in [-0.2, -0.15) is 5.10 Å². The van der Waals surface area contributed by atoms with E-state index in [0.717, 1.165) is 27.7 Å². The maximum atomic E-state index is 12.1. The lowest BCUT2D eigenvalue weighted by molar-refractivity contribution is -0.121. The van der Waals surface area contributed by atoms with E-state index in [2.05, 4.69) is 15.5 Å². The third kappa shape index (κ3) is 3.99. The maximum absolute atomic E-state index is 12.1. The predicted octanol–water partition coefficient (Wildman–Crippen LogP) is 3.11. The summed E-state index contributed by atoms with van der Waals surface area (Å²) >= 11 is 0. The van der Waals surface area contributed by atoms with Gasteiger partial charge in [0, 0.05) is 22.9 Å². The van der Waals surface area contributed by atoms with Gasteiger partial charge in [0.15, 0.2) is 9.84 Å². The van der Waals surface area contributed by atoms with E-state index < -0.39 is 9.84 Å². The summed E-state index contributed by atoms with van der Waals surface area (Å²) in [6, 6.07) is 17.9. The van der Waals surface area contributed by atoms with Crippen molar-refractivity contribution in [2.75, 3.05) is 11.5 Å². The van der Waals surface area contributed by atoms with Crippen LogP contribution in [-0.2, 0) is 14.6 Å². The van der Waals surface area contributed by atoms with Crippen LogP contribution in [0.1, 0.15) is 18.4 Å². The van der Waals surface area contributed by atoms with E-state index in [1.54, 1.807) is 6.21 Å². The minimum absolute atomic E-state index is 0.0880.